The molecule has 0 aliphatic rings. The van der Waals surface area contributed by atoms with Crippen LogP contribution >= 0.6 is 0 Å². The van der Waals surface area contributed by atoms with Gasteiger partial charge in [-0.1, -0.05) is 36.4 Å². The zero-order valence-corrected chi connectivity index (χ0v) is 11.6. The van der Waals surface area contributed by atoms with Crippen molar-refractivity contribution in [3.63, 3.8) is 0 Å². The Kier molecular flexibility index (Phi) is 4.96. The van der Waals surface area contributed by atoms with Crippen molar-refractivity contribution in [2.45, 2.75) is 31.6 Å². The molecule has 2 atom stereocenters. The van der Waals surface area contributed by atoms with E-state index in [4.69, 9.17) is 0 Å². The number of halogens is 3. The highest BCUT2D eigenvalue weighted by molar-refractivity contribution is 5.27. The van der Waals surface area contributed by atoms with Gasteiger partial charge in [-0.25, -0.2) is 0 Å². The van der Waals surface area contributed by atoms with Crippen LogP contribution in [0.3, 0.4) is 0 Å². The van der Waals surface area contributed by atoms with Crippen LogP contribution in [0.2, 0.25) is 0 Å². The molecule has 0 amide bonds. The zero-order valence-electron chi connectivity index (χ0n) is 11.6. The molecule has 2 nitrogen and oxygen atoms in total. The lowest BCUT2D eigenvalue weighted by atomic mass is 10.0. The number of hydrogen-bond acceptors (Lipinski definition) is 2. The van der Waals surface area contributed by atoms with E-state index in [9.17, 15) is 13.2 Å². The normalized spacial score (nSPS) is 14.7. The highest BCUT2D eigenvalue weighted by Crippen LogP contribution is 2.25. The second-order valence-corrected chi connectivity index (χ2v) is 4.99. The van der Waals surface area contributed by atoms with Crippen molar-refractivity contribution in [1.82, 2.24) is 10.3 Å². The van der Waals surface area contributed by atoms with Crippen LogP contribution in [0.5, 0.6) is 0 Å². The van der Waals surface area contributed by atoms with E-state index in [0.717, 1.165) is 5.56 Å². The predicted octanol–water partition coefficient (Wildman–Crippen LogP) is 4.10. The molecule has 112 valence electrons. The van der Waals surface area contributed by atoms with Gasteiger partial charge >= 0.3 is 6.18 Å². The molecule has 0 saturated heterocycles. The lowest BCUT2D eigenvalue weighted by Gasteiger charge is -2.24. The first-order valence-electron chi connectivity index (χ1n) is 6.74. The maximum Gasteiger partial charge on any atom is 0.390 e. The van der Waals surface area contributed by atoms with Gasteiger partial charge in [0.15, 0.2) is 0 Å². The third-order valence-corrected chi connectivity index (χ3v) is 3.11. The van der Waals surface area contributed by atoms with Gasteiger partial charge < -0.3 is 5.32 Å². The van der Waals surface area contributed by atoms with Gasteiger partial charge in [-0.05, 0) is 24.6 Å². The Morgan fingerprint density at radius 2 is 1.71 bits per heavy atom. The van der Waals surface area contributed by atoms with Crippen molar-refractivity contribution in [3.8, 4) is 0 Å². The minimum absolute atomic E-state index is 0.357. The van der Waals surface area contributed by atoms with Crippen LogP contribution < -0.4 is 5.32 Å². The van der Waals surface area contributed by atoms with E-state index < -0.39 is 18.6 Å². The average Bonchev–Trinajstić information content (AvgIpc) is 2.45. The largest absolute Gasteiger partial charge is 0.390 e. The summed E-state index contributed by atoms with van der Waals surface area (Å²) in [5, 5.41) is 3.02. The van der Waals surface area contributed by atoms with Crippen LogP contribution in [0.4, 0.5) is 13.2 Å². The van der Waals surface area contributed by atoms with E-state index in [1.54, 1.807) is 12.3 Å². The molecular weight excluding hydrogens is 277 g/mol. The van der Waals surface area contributed by atoms with Gasteiger partial charge in [0.25, 0.3) is 0 Å². The van der Waals surface area contributed by atoms with E-state index in [1.165, 1.54) is 6.92 Å². The molecule has 0 radical (unpaired) electrons. The van der Waals surface area contributed by atoms with Crippen molar-refractivity contribution in [2.75, 3.05) is 0 Å². The molecule has 2 rings (SSSR count). The first kappa shape index (κ1) is 15.5. The topological polar surface area (TPSA) is 24.9 Å². The van der Waals surface area contributed by atoms with Gasteiger partial charge in [-0.15, -0.1) is 0 Å². The second-order valence-electron chi connectivity index (χ2n) is 4.99. The van der Waals surface area contributed by atoms with Crippen molar-refractivity contribution >= 4 is 0 Å². The van der Waals surface area contributed by atoms with Crippen LogP contribution in [-0.4, -0.2) is 17.2 Å². The molecule has 2 aromatic rings. The summed E-state index contributed by atoms with van der Waals surface area (Å²) in [6, 6.07) is 13.7. The standard InChI is InChI=1S/C16H17F3N2/c1-12(11-16(17,18)19)21-15(13-7-3-2-4-8-13)14-9-5-6-10-20-14/h2-10,12,15,21H,11H2,1H3. The molecule has 1 N–H and O–H groups in total. The quantitative estimate of drug-likeness (QED) is 0.898. The first-order chi connectivity index (χ1) is 9.96. The van der Waals surface area contributed by atoms with Crippen LogP contribution in [0, 0.1) is 0 Å². The van der Waals surface area contributed by atoms with Gasteiger partial charge in [-0.2, -0.15) is 13.2 Å². The van der Waals surface area contributed by atoms with E-state index in [2.05, 4.69) is 10.3 Å². The molecule has 1 aromatic heterocycles. The molecular formula is C16H17F3N2. The van der Waals surface area contributed by atoms with Crippen LogP contribution in [0.15, 0.2) is 54.7 Å². The average molecular weight is 294 g/mol. The first-order valence-corrected chi connectivity index (χ1v) is 6.74. The minimum atomic E-state index is -4.18. The second kappa shape index (κ2) is 6.72. The molecule has 0 aliphatic heterocycles. The third-order valence-electron chi connectivity index (χ3n) is 3.11. The summed E-state index contributed by atoms with van der Waals surface area (Å²) < 4.78 is 37.5. The molecule has 0 fully saturated rings. The Balaban J connectivity index is 2.21. The van der Waals surface area contributed by atoms with E-state index in [1.807, 2.05) is 42.5 Å². The Bertz CT molecular complexity index is 501. The summed E-state index contributed by atoms with van der Waals surface area (Å²) in [6.07, 6.45) is -3.41. The van der Waals surface area contributed by atoms with Gasteiger partial charge in [-0.3, -0.25) is 4.98 Å². The van der Waals surface area contributed by atoms with Crippen LogP contribution in [0.25, 0.3) is 0 Å². The molecule has 1 aromatic carbocycles. The fourth-order valence-corrected chi connectivity index (χ4v) is 2.24. The monoisotopic (exact) mass is 294 g/mol. The van der Waals surface area contributed by atoms with Crippen molar-refractivity contribution in [2.24, 2.45) is 0 Å². The summed E-state index contributed by atoms with van der Waals surface area (Å²) in [5.74, 6) is 0. The molecule has 1 heterocycles. The number of alkyl halides is 3. The molecule has 2 unspecified atom stereocenters. The fourth-order valence-electron chi connectivity index (χ4n) is 2.24. The van der Waals surface area contributed by atoms with Gasteiger partial charge in [0.1, 0.15) is 0 Å². The van der Waals surface area contributed by atoms with Gasteiger partial charge in [0, 0.05) is 12.2 Å². The predicted molar refractivity (Wildman–Crippen MR) is 75.8 cm³/mol. The number of nitrogens with one attached hydrogen (secondary N) is 1. The van der Waals surface area contributed by atoms with Crippen LogP contribution in [-0.2, 0) is 0 Å². The zero-order chi connectivity index (χ0) is 15.3. The maximum absolute atomic E-state index is 12.5. The number of rotatable bonds is 5. The Hall–Kier alpha value is -1.88. The van der Waals surface area contributed by atoms with Crippen LogP contribution in [0.1, 0.15) is 30.6 Å². The maximum atomic E-state index is 12.5. The van der Waals surface area contributed by atoms with Crippen molar-refractivity contribution < 1.29 is 13.2 Å². The summed E-state index contributed by atoms with van der Waals surface area (Å²) in [5.41, 5.74) is 1.60. The Morgan fingerprint density at radius 3 is 2.29 bits per heavy atom. The molecule has 0 spiro atoms. The van der Waals surface area contributed by atoms with E-state index in [0.29, 0.717) is 5.69 Å². The Morgan fingerprint density at radius 1 is 1.05 bits per heavy atom. The summed E-state index contributed by atoms with van der Waals surface area (Å²) >= 11 is 0. The number of pyridine rings is 1. The molecule has 0 aliphatic carbocycles. The number of aromatic nitrogens is 1. The van der Waals surface area contributed by atoms with E-state index in [-0.39, 0.29) is 6.04 Å². The molecule has 0 bridgehead atoms. The fraction of sp³-hybridized carbons (Fsp3) is 0.312. The molecule has 21 heavy (non-hydrogen) atoms. The third kappa shape index (κ3) is 4.86. The summed E-state index contributed by atoms with van der Waals surface area (Å²) in [7, 11) is 0. The van der Waals surface area contributed by atoms with Gasteiger partial charge in [0.2, 0.25) is 0 Å². The minimum Gasteiger partial charge on any atom is -0.302 e. The highest BCUT2D eigenvalue weighted by Gasteiger charge is 2.31. The lowest BCUT2D eigenvalue weighted by Crippen LogP contribution is -2.35. The smallest absolute Gasteiger partial charge is 0.302 e. The number of benzene rings is 1. The van der Waals surface area contributed by atoms with E-state index >= 15 is 0 Å². The lowest BCUT2D eigenvalue weighted by molar-refractivity contribution is -0.139. The number of nitrogens with zero attached hydrogens (tertiary/aromatic N) is 1. The Labute approximate surface area is 122 Å². The molecule has 5 heteroatoms. The number of hydrogen-bond donors (Lipinski definition) is 1. The van der Waals surface area contributed by atoms with Crippen molar-refractivity contribution in [1.29, 1.82) is 0 Å². The van der Waals surface area contributed by atoms with Gasteiger partial charge in [0.05, 0.1) is 18.2 Å². The SMILES string of the molecule is CC(CC(F)(F)F)NC(c1ccccc1)c1ccccn1. The molecule has 0 saturated carbocycles. The summed E-state index contributed by atoms with van der Waals surface area (Å²) in [4.78, 5) is 4.26. The van der Waals surface area contributed by atoms with Crippen molar-refractivity contribution in [3.05, 3.63) is 66.0 Å². The summed E-state index contributed by atoms with van der Waals surface area (Å²) in [6.45, 7) is 1.53. The highest BCUT2D eigenvalue weighted by atomic mass is 19.4.